The molecule has 0 aliphatic heterocycles. The SMILES string of the molecule is Cc1ccc(NC(=O)Cn2[nH]c(=O)c3ccccc3c2=O)c(O)c1. The van der Waals surface area contributed by atoms with E-state index < -0.39 is 17.0 Å². The van der Waals surface area contributed by atoms with Gasteiger partial charge in [-0.25, -0.2) is 4.68 Å². The van der Waals surface area contributed by atoms with Crippen molar-refractivity contribution in [3.63, 3.8) is 0 Å². The number of hydrogen-bond donors (Lipinski definition) is 3. The quantitative estimate of drug-likeness (QED) is 0.632. The highest BCUT2D eigenvalue weighted by atomic mass is 16.3. The molecule has 3 aromatic rings. The van der Waals surface area contributed by atoms with Crippen LogP contribution in [0.15, 0.2) is 52.1 Å². The summed E-state index contributed by atoms with van der Waals surface area (Å²) in [6.07, 6.45) is 0. The third kappa shape index (κ3) is 2.91. The number of fused-ring (bicyclic) bond motifs is 1. The molecule has 1 aromatic heterocycles. The van der Waals surface area contributed by atoms with Gasteiger partial charge in [0.25, 0.3) is 11.1 Å². The van der Waals surface area contributed by atoms with E-state index in [1.165, 1.54) is 12.1 Å². The van der Waals surface area contributed by atoms with Gasteiger partial charge in [0.05, 0.1) is 16.5 Å². The second kappa shape index (κ2) is 6.04. The summed E-state index contributed by atoms with van der Waals surface area (Å²) in [6.45, 7) is 1.44. The number of H-pyrrole nitrogens is 1. The Labute approximate surface area is 136 Å². The predicted molar refractivity (Wildman–Crippen MR) is 90.3 cm³/mol. The average molecular weight is 325 g/mol. The van der Waals surface area contributed by atoms with Gasteiger partial charge in [-0.1, -0.05) is 18.2 Å². The van der Waals surface area contributed by atoms with E-state index in [1.54, 1.807) is 30.3 Å². The molecule has 3 rings (SSSR count). The van der Waals surface area contributed by atoms with Crippen LogP contribution in [0, 0.1) is 6.92 Å². The van der Waals surface area contributed by atoms with Crippen molar-refractivity contribution in [1.29, 1.82) is 0 Å². The fraction of sp³-hybridized carbons (Fsp3) is 0.118. The summed E-state index contributed by atoms with van der Waals surface area (Å²) in [5.41, 5.74) is 0.173. The number of carbonyl (C=O) groups is 1. The maximum atomic E-state index is 12.3. The van der Waals surface area contributed by atoms with Crippen LogP contribution >= 0.6 is 0 Å². The van der Waals surface area contributed by atoms with Crippen LogP contribution in [0.5, 0.6) is 5.75 Å². The maximum Gasteiger partial charge on any atom is 0.273 e. The summed E-state index contributed by atoms with van der Waals surface area (Å²) in [6, 6.07) is 11.2. The van der Waals surface area contributed by atoms with E-state index in [4.69, 9.17) is 0 Å². The molecule has 1 amide bonds. The molecule has 1 heterocycles. The zero-order valence-electron chi connectivity index (χ0n) is 12.9. The number of phenols is 1. The highest BCUT2D eigenvalue weighted by Crippen LogP contribution is 2.23. The van der Waals surface area contributed by atoms with Gasteiger partial charge >= 0.3 is 0 Å². The number of nitrogens with one attached hydrogen (secondary N) is 2. The van der Waals surface area contributed by atoms with E-state index in [-0.39, 0.29) is 28.8 Å². The average Bonchev–Trinajstić information content (AvgIpc) is 2.55. The van der Waals surface area contributed by atoms with Crippen LogP contribution in [0.25, 0.3) is 10.8 Å². The maximum absolute atomic E-state index is 12.3. The summed E-state index contributed by atoms with van der Waals surface area (Å²) in [7, 11) is 0. The van der Waals surface area contributed by atoms with Crippen molar-refractivity contribution in [2.24, 2.45) is 0 Å². The Morgan fingerprint density at radius 3 is 2.58 bits per heavy atom. The first-order valence-corrected chi connectivity index (χ1v) is 7.27. The van der Waals surface area contributed by atoms with Gasteiger partial charge < -0.3 is 10.4 Å². The molecule has 0 atom stereocenters. The van der Waals surface area contributed by atoms with Gasteiger partial charge in [-0.15, -0.1) is 0 Å². The van der Waals surface area contributed by atoms with Gasteiger partial charge in [-0.2, -0.15) is 0 Å². The first-order chi connectivity index (χ1) is 11.5. The molecule has 0 unspecified atom stereocenters. The Kier molecular flexibility index (Phi) is 3.91. The van der Waals surface area contributed by atoms with Gasteiger partial charge in [0, 0.05) is 0 Å². The topological polar surface area (TPSA) is 104 Å². The lowest BCUT2D eigenvalue weighted by atomic mass is 10.2. The minimum atomic E-state index is -0.540. The molecule has 0 saturated heterocycles. The monoisotopic (exact) mass is 325 g/mol. The van der Waals surface area contributed by atoms with Crippen LogP contribution < -0.4 is 16.4 Å². The Balaban J connectivity index is 1.90. The first-order valence-electron chi connectivity index (χ1n) is 7.27. The molecule has 2 aromatic carbocycles. The highest BCUT2D eigenvalue weighted by molar-refractivity contribution is 5.92. The molecule has 3 N–H and O–H groups in total. The lowest BCUT2D eigenvalue weighted by Crippen LogP contribution is -2.34. The lowest BCUT2D eigenvalue weighted by Gasteiger charge is -2.10. The molecule has 0 radical (unpaired) electrons. The smallest absolute Gasteiger partial charge is 0.273 e. The van der Waals surface area contributed by atoms with Crippen LogP contribution in [0.2, 0.25) is 0 Å². The molecule has 0 aliphatic rings. The van der Waals surface area contributed by atoms with E-state index in [0.717, 1.165) is 10.2 Å². The summed E-state index contributed by atoms with van der Waals surface area (Å²) >= 11 is 0. The number of aryl methyl sites for hydroxylation is 1. The van der Waals surface area contributed by atoms with Crippen molar-refractivity contribution in [2.75, 3.05) is 5.32 Å². The number of aromatic hydroxyl groups is 1. The summed E-state index contributed by atoms with van der Waals surface area (Å²) in [4.78, 5) is 36.5. The number of rotatable bonds is 3. The fourth-order valence-corrected chi connectivity index (χ4v) is 2.44. The van der Waals surface area contributed by atoms with Gasteiger partial charge in [0.1, 0.15) is 12.3 Å². The number of aromatic nitrogens is 2. The second-order valence-corrected chi connectivity index (χ2v) is 5.45. The van der Waals surface area contributed by atoms with E-state index >= 15 is 0 Å². The third-order valence-corrected chi connectivity index (χ3v) is 3.61. The molecule has 0 spiro atoms. The van der Waals surface area contributed by atoms with E-state index in [1.807, 2.05) is 6.92 Å². The zero-order chi connectivity index (χ0) is 17.3. The third-order valence-electron chi connectivity index (χ3n) is 3.61. The Hall–Kier alpha value is -3.35. The van der Waals surface area contributed by atoms with Gasteiger partial charge in [-0.05, 0) is 36.8 Å². The number of amides is 1. The Bertz CT molecular complexity index is 1050. The minimum Gasteiger partial charge on any atom is -0.506 e. The van der Waals surface area contributed by atoms with Crippen molar-refractivity contribution >= 4 is 22.4 Å². The van der Waals surface area contributed by atoms with Crippen molar-refractivity contribution in [1.82, 2.24) is 9.78 Å². The van der Waals surface area contributed by atoms with E-state index in [0.29, 0.717) is 0 Å². The summed E-state index contributed by atoms with van der Waals surface area (Å²) in [5.74, 6) is -0.607. The zero-order valence-corrected chi connectivity index (χ0v) is 12.9. The standard InChI is InChI=1S/C17H15N3O4/c1-10-6-7-13(14(21)8-10)18-15(22)9-20-17(24)12-5-3-2-4-11(12)16(23)19-20/h2-8,21H,9H2,1H3,(H,18,22)(H,19,23). The predicted octanol–water partition coefficient (Wildman–Crippen LogP) is 1.34. The van der Waals surface area contributed by atoms with Crippen LogP contribution in [-0.2, 0) is 11.3 Å². The summed E-state index contributed by atoms with van der Waals surface area (Å²) < 4.78 is 0.950. The van der Waals surface area contributed by atoms with E-state index in [2.05, 4.69) is 10.4 Å². The number of benzene rings is 2. The van der Waals surface area contributed by atoms with Crippen molar-refractivity contribution in [2.45, 2.75) is 13.5 Å². The molecular weight excluding hydrogens is 310 g/mol. The molecular formula is C17H15N3O4. The molecule has 7 nitrogen and oxygen atoms in total. The number of hydrogen-bond acceptors (Lipinski definition) is 4. The van der Waals surface area contributed by atoms with Gasteiger partial charge in [0.15, 0.2) is 0 Å². The highest BCUT2D eigenvalue weighted by Gasteiger charge is 2.11. The fourth-order valence-electron chi connectivity index (χ4n) is 2.44. The molecule has 0 aliphatic carbocycles. The number of carbonyl (C=O) groups excluding carboxylic acids is 1. The van der Waals surface area contributed by atoms with Gasteiger partial charge in [0.2, 0.25) is 5.91 Å². The van der Waals surface area contributed by atoms with Crippen molar-refractivity contribution < 1.29 is 9.90 Å². The number of nitrogens with zero attached hydrogens (tertiary/aromatic N) is 1. The minimum absolute atomic E-state index is 0.0669. The second-order valence-electron chi connectivity index (χ2n) is 5.45. The van der Waals surface area contributed by atoms with Crippen molar-refractivity contribution in [3.05, 3.63) is 68.7 Å². The molecule has 122 valence electrons. The van der Waals surface area contributed by atoms with Crippen LogP contribution in [0.3, 0.4) is 0 Å². The lowest BCUT2D eigenvalue weighted by molar-refractivity contribution is -0.117. The van der Waals surface area contributed by atoms with Crippen LogP contribution in [-0.4, -0.2) is 20.8 Å². The molecule has 0 saturated carbocycles. The number of anilines is 1. The largest absolute Gasteiger partial charge is 0.506 e. The number of phenolic OH excluding ortho intramolecular Hbond substituents is 1. The van der Waals surface area contributed by atoms with Crippen LogP contribution in [0.4, 0.5) is 5.69 Å². The molecule has 0 bridgehead atoms. The molecule has 7 heteroatoms. The summed E-state index contributed by atoms with van der Waals surface area (Å²) in [5, 5.41) is 15.2. The van der Waals surface area contributed by atoms with E-state index in [9.17, 15) is 19.5 Å². The first kappa shape index (κ1) is 15.5. The molecule has 0 fully saturated rings. The van der Waals surface area contributed by atoms with Gasteiger partial charge in [-0.3, -0.25) is 19.5 Å². The normalized spacial score (nSPS) is 10.7. The molecule has 24 heavy (non-hydrogen) atoms. The number of aromatic amines is 1. The Morgan fingerprint density at radius 2 is 1.88 bits per heavy atom. The van der Waals surface area contributed by atoms with Crippen molar-refractivity contribution in [3.8, 4) is 5.75 Å². The van der Waals surface area contributed by atoms with Crippen LogP contribution in [0.1, 0.15) is 5.56 Å². The Morgan fingerprint density at radius 1 is 1.17 bits per heavy atom.